The van der Waals surface area contributed by atoms with Gasteiger partial charge >= 0.3 is 0 Å². The average molecular weight is 342 g/mol. The predicted molar refractivity (Wildman–Crippen MR) is 92.5 cm³/mol. The maximum absolute atomic E-state index is 12.2. The summed E-state index contributed by atoms with van der Waals surface area (Å²) in [5.74, 6) is 1.32. The number of imidazole rings is 1. The molecule has 0 fully saturated rings. The fourth-order valence-corrected chi connectivity index (χ4v) is 2.42. The standard InChI is InChI=1S/C16H18N6O3/c1-24-11-4-3-10(7-12(11)25-2)21-13(23)5-6-22-9-20-14-15(17)18-8-19-16(14)22/h3-4,7-9H,5-6H2,1-2H3,(H,21,23)(H2,17,18,19). The van der Waals surface area contributed by atoms with Gasteiger partial charge in [0, 0.05) is 24.7 Å². The SMILES string of the molecule is COc1ccc(NC(=O)CCn2cnc3c(N)ncnc32)cc1OC. The molecular weight excluding hydrogens is 324 g/mol. The lowest BCUT2D eigenvalue weighted by atomic mass is 10.2. The van der Waals surface area contributed by atoms with E-state index < -0.39 is 0 Å². The number of carbonyl (C=O) groups is 1. The normalized spacial score (nSPS) is 10.6. The second-order valence-corrected chi connectivity index (χ2v) is 5.24. The van der Waals surface area contributed by atoms with Gasteiger partial charge in [-0.3, -0.25) is 4.79 Å². The molecule has 1 amide bonds. The van der Waals surface area contributed by atoms with Crippen molar-refractivity contribution in [3.8, 4) is 11.5 Å². The maximum atomic E-state index is 12.2. The summed E-state index contributed by atoms with van der Waals surface area (Å²) in [4.78, 5) is 24.4. The summed E-state index contributed by atoms with van der Waals surface area (Å²) in [7, 11) is 3.10. The minimum Gasteiger partial charge on any atom is -0.493 e. The number of rotatable bonds is 6. The molecule has 0 radical (unpaired) electrons. The van der Waals surface area contributed by atoms with Crippen molar-refractivity contribution in [1.29, 1.82) is 0 Å². The number of aryl methyl sites for hydroxylation is 1. The Morgan fingerprint density at radius 3 is 2.76 bits per heavy atom. The van der Waals surface area contributed by atoms with E-state index in [0.29, 0.717) is 40.7 Å². The molecule has 0 spiro atoms. The van der Waals surface area contributed by atoms with Crippen LogP contribution < -0.4 is 20.5 Å². The molecule has 3 N–H and O–H groups in total. The molecule has 0 aliphatic carbocycles. The molecule has 1 aromatic carbocycles. The fourth-order valence-electron chi connectivity index (χ4n) is 2.42. The summed E-state index contributed by atoms with van der Waals surface area (Å²) >= 11 is 0. The summed E-state index contributed by atoms with van der Waals surface area (Å²) in [5.41, 5.74) is 7.51. The van der Waals surface area contributed by atoms with Crippen LogP contribution in [0.2, 0.25) is 0 Å². The molecule has 130 valence electrons. The van der Waals surface area contributed by atoms with Crippen molar-refractivity contribution in [2.75, 3.05) is 25.3 Å². The van der Waals surface area contributed by atoms with E-state index in [1.165, 1.54) is 6.33 Å². The van der Waals surface area contributed by atoms with Crippen LogP contribution in [0.5, 0.6) is 11.5 Å². The van der Waals surface area contributed by atoms with E-state index in [4.69, 9.17) is 15.2 Å². The summed E-state index contributed by atoms with van der Waals surface area (Å²) < 4.78 is 12.2. The number of hydrogen-bond donors (Lipinski definition) is 2. The number of ether oxygens (including phenoxy) is 2. The molecule has 25 heavy (non-hydrogen) atoms. The number of fused-ring (bicyclic) bond motifs is 1. The van der Waals surface area contributed by atoms with Gasteiger partial charge in [0.15, 0.2) is 23.0 Å². The third-order valence-corrected chi connectivity index (χ3v) is 3.68. The van der Waals surface area contributed by atoms with Crippen molar-refractivity contribution in [1.82, 2.24) is 19.5 Å². The second kappa shape index (κ2) is 7.04. The molecule has 2 heterocycles. The van der Waals surface area contributed by atoms with Gasteiger partial charge in [0.2, 0.25) is 5.91 Å². The Bertz CT molecular complexity index is 908. The third-order valence-electron chi connectivity index (χ3n) is 3.68. The average Bonchev–Trinajstić information content (AvgIpc) is 3.04. The number of nitrogens with two attached hydrogens (primary N) is 1. The Hall–Kier alpha value is -3.36. The zero-order chi connectivity index (χ0) is 17.8. The molecule has 0 saturated heterocycles. The molecule has 9 nitrogen and oxygen atoms in total. The second-order valence-electron chi connectivity index (χ2n) is 5.24. The number of methoxy groups -OCH3 is 2. The van der Waals surface area contributed by atoms with Crippen molar-refractivity contribution in [3.05, 3.63) is 30.9 Å². The van der Waals surface area contributed by atoms with Gasteiger partial charge < -0.3 is 25.1 Å². The van der Waals surface area contributed by atoms with Crippen LogP contribution in [0.1, 0.15) is 6.42 Å². The highest BCUT2D eigenvalue weighted by Gasteiger charge is 2.11. The van der Waals surface area contributed by atoms with Gasteiger partial charge in [0.1, 0.15) is 11.8 Å². The monoisotopic (exact) mass is 342 g/mol. The number of nitrogens with zero attached hydrogens (tertiary/aromatic N) is 4. The van der Waals surface area contributed by atoms with Gasteiger partial charge in [-0.25, -0.2) is 15.0 Å². The van der Waals surface area contributed by atoms with E-state index in [2.05, 4.69) is 20.3 Å². The van der Waals surface area contributed by atoms with E-state index in [0.717, 1.165) is 0 Å². The largest absolute Gasteiger partial charge is 0.493 e. The van der Waals surface area contributed by atoms with E-state index in [9.17, 15) is 4.79 Å². The molecule has 2 aromatic heterocycles. The van der Waals surface area contributed by atoms with Crippen LogP contribution in [-0.4, -0.2) is 39.6 Å². The van der Waals surface area contributed by atoms with Gasteiger partial charge in [-0.15, -0.1) is 0 Å². The first-order chi connectivity index (χ1) is 12.1. The van der Waals surface area contributed by atoms with Crippen molar-refractivity contribution in [3.63, 3.8) is 0 Å². The Morgan fingerprint density at radius 2 is 2.00 bits per heavy atom. The van der Waals surface area contributed by atoms with Crippen molar-refractivity contribution in [2.45, 2.75) is 13.0 Å². The molecule has 3 aromatic rings. The third kappa shape index (κ3) is 3.44. The van der Waals surface area contributed by atoms with E-state index in [1.807, 2.05) is 0 Å². The van der Waals surface area contributed by atoms with Gasteiger partial charge in [0.05, 0.1) is 20.5 Å². The van der Waals surface area contributed by atoms with Crippen molar-refractivity contribution in [2.24, 2.45) is 0 Å². The van der Waals surface area contributed by atoms with Crippen molar-refractivity contribution < 1.29 is 14.3 Å². The summed E-state index contributed by atoms with van der Waals surface area (Å²) in [5, 5.41) is 2.82. The fraction of sp³-hybridized carbons (Fsp3) is 0.250. The number of amides is 1. The topological polar surface area (TPSA) is 117 Å². The highest BCUT2D eigenvalue weighted by atomic mass is 16.5. The summed E-state index contributed by atoms with van der Waals surface area (Å²) in [6, 6.07) is 5.19. The van der Waals surface area contributed by atoms with Crippen LogP contribution in [0, 0.1) is 0 Å². The summed E-state index contributed by atoms with van der Waals surface area (Å²) in [6.45, 7) is 0.423. The highest BCUT2D eigenvalue weighted by molar-refractivity contribution is 5.91. The molecule has 0 bridgehead atoms. The molecule has 3 rings (SSSR count). The van der Waals surface area contributed by atoms with Crippen LogP contribution in [0.4, 0.5) is 11.5 Å². The number of nitrogen functional groups attached to an aromatic ring is 1. The zero-order valence-corrected chi connectivity index (χ0v) is 13.9. The molecule has 9 heteroatoms. The first kappa shape index (κ1) is 16.5. The Kier molecular flexibility index (Phi) is 4.64. The van der Waals surface area contributed by atoms with Crippen LogP contribution in [0.25, 0.3) is 11.2 Å². The zero-order valence-electron chi connectivity index (χ0n) is 13.9. The predicted octanol–water partition coefficient (Wildman–Crippen LogP) is 1.45. The lowest BCUT2D eigenvalue weighted by Crippen LogP contribution is -2.14. The number of nitrogens with one attached hydrogen (secondary N) is 1. The quantitative estimate of drug-likeness (QED) is 0.696. The summed E-state index contributed by atoms with van der Waals surface area (Å²) in [6.07, 6.45) is 3.22. The molecule has 0 saturated carbocycles. The van der Waals surface area contributed by atoms with Crippen LogP contribution in [0.3, 0.4) is 0 Å². The van der Waals surface area contributed by atoms with Gasteiger partial charge in [-0.1, -0.05) is 0 Å². The molecular formula is C16H18N6O3. The number of aromatic nitrogens is 4. The Labute approximate surface area is 143 Å². The maximum Gasteiger partial charge on any atom is 0.226 e. The molecule has 0 aliphatic heterocycles. The van der Waals surface area contributed by atoms with Gasteiger partial charge in [0.25, 0.3) is 0 Å². The van der Waals surface area contributed by atoms with Gasteiger partial charge in [-0.05, 0) is 12.1 Å². The minimum absolute atomic E-state index is 0.143. The smallest absolute Gasteiger partial charge is 0.226 e. The number of hydrogen-bond acceptors (Lipinski definition) is 7. The van der Waals surface area contributed by atoms with E-state index in [-0.39, 0.29) is 12.3 Å². The highest BCUT2D eigenvalue weighted by Crippen LogP contribution is 2.29. The lowest BCUT2D eigenvalue weighted by Gasteiger charge is -2.10. The van der Waals surface area contributed by atoms with Gasteiger partial charge in [-0.2, -0.15) is 0 Å². The minimum atomic E-state index is -0.143. The lowest BCUT2D eigenvalue weighted by molar-refractivity contribution is -0.116. The molecule has 0 atom stereocenters. The number of benzene rings is 1. The van der Waals surface area contributed by atoms with Crippen LogP contribution in [-0.2, 0) is 11.3 Å². The molecule has 0 aliphatic rings. The van der Waals surface area contributed by atoms with Crippen LogP contribution in [0.15, 0.2) is 30.9 Å². The Balaban J connectivity index is 1.66. The van der Waals surface area contributed by atoms with Crippen LogP contribution >= 0.6 is 0 Å². The Morgan fingerprint density at radius 1 is 1.20 bits per heavy atom. The number of carbonyl (C=O) groups excluding carboxylic acids is 1. The van der Waals surface area contributed by atoms with E-state index in [1.54, 1.807) is 43.3 Å². The number of anilines is 2. The van der Waals surface area contributed by atoms with Crippen molar-refractivity contribution >= 4 is 28.6 Å². The van der Waals surface area contributed by atoms with E-state index >= 15 is 0 Å². The first-order valence-corrected chi connectivity index (χ1v) is 7.55. The molecule has 0 unspecified atom stereocenters. The first-order valence-electron chi connectivity index (χ1n) is 7.55.